The summed E-state index contributed by atoms with van der Waals surface area (Å²) in [5.74, 6) is 0. The van der Waals surface area contributed by atoms with Crippen LogP contribution in [0.5, 0.6) is 0 Å². The van der Waals surface area contributed by atoms with E-state index in [2.05, 4.69) is 57.3 Å². The summed E-state index contributed by atoms with van der Waals surface area (Å²) in [6, 6.07) is 10.5. The van der Waals surface area contributed by atoms with Gasteiger partial charge in [-0.25, -0.2) is 0 Å². The highest BCUT2D eigenvalue weighted by Crippen LogP contribution is 2.27. The lowest BCUT2D eigenvalue weighted by Gasteiger charge is -2.01. The summed E-state index contributed by atoms with van der Waals surface area (Å²) in [4.78, 5) is 0. The van der Waals surface area contributed by atoms with Gasteiger partial charge >= 0.3 is 0 Å². The fraction of sp³-hybridized carbons (Fsp3) is 0. The molecule has 0 amide bonds. The van der Waals surface area contributed by atoms with E-state index in [-0.39, 0.29) is 12.4 Å². The molecule has 1 aromatic carbocycles. The summed E-state index contributed by atoms with van der Waals surface area (Å²) in [7, 11) is 0. The van der Waals surface area contributed by atoms with Gasteiger partial charge in [-0.3, -0.25) is 0 Å². The van der Waals surface area contributed by atoms with E-state index >= 15 is 0 Å². The minimum absolute atomic E-state index is 0. The number of fused-ring (bicyclic) bond motifs is 5. The Morgan fingerprint density at radius 1 is 0.833 bits per heavy atom. The van der Waals surface area contributed by atoms with E-state index in [0.717, 1.165) is 10.8 Å². The zero-order chi connectivity index (χ0) is 11.2. The predicted molar refractivity (Wildman–Crippen MR) is 75.2 cm³/mol. The van der Waals surface area contributed by atoms with Crippen molar-refractivity contribution in [1.82, 2.24) is 14.6 Å². The first kappa shape index (κ1) is 11.0. The van der Waals surface area contributed by atoms with Gasteiger partial charge < -0.3 is 4.40 Å². The van der Waals surface area contributed by atoms with Crippen molar-refractivity contribution >= 4 is 39.5 Å². The first-order valence-electron chi connectivity index (χ1n) is 5.52. The van der Waals surface area contributed by atoms with E-state index in [0.29, 0.717) is 0 Å². The first-order chi connectivity index (χ1) is 8.43. The van der Waals surface area contributed by atoms with E-state index in [4.69, 9.17) is 0 Å². The van der Waals surface area contributed by atoms with Crippen molar-refractivity contribution in [3.05, 3.63) is 55.1 Å². The molecule has 0 unspecified atom stereocenters. The number of halogens is 1. The van der Waals surface area contributed by atoms with Gasteiger partial charge in [-0.2, -0.15) is 10.2 Å². The second-order valence-electron chi connectivity index (χ2n) is 4.15. The molecule has 0 N–H and O–H groups in total. The molecule has 88 valence electrons. The van der Waals surface area contributed by atoms with Gasteiger partial charge in [0.1, 0.15) is 0 Å². The van der Waals surface area contributed by atoms with Crippen LogP contribution in [0, 0.1) is 0 Å². The van der Waals surface area contributed by atoms with Gasteiger partial charge in [0.25, 0.3) is 0 Å². The molecule has 0 atom stereocenters. The van der Waals surface area contributed by atoms with E-state index in [1.54, 1.807) is 6.20 Å². The number of rotatable bonds is 0. The van der Waals surface area contributed by atoms with Gasteiger partial charge in [0.2, 0.25) is 0 Å². The summed E-state index contributed by atoms with van der Waals surface area (Å²) in [5, 5.41) is 12.7. The zero-order valence-electron chi connectivity index (χ0n) is 9.45. The Morgan fingerprint density at radius 3 is 2.61 bits per heavy atom. The third kappa shape index (κ3) is 1.38. The van der Waals surface area contributed by atoms with Crippen LogP contribution in [0.25, 0.3) is 27.1 Å². The molecule has 0 saturated carbocycles. The molecule has 0 spiro atoms. The normalized spacial score (nSPS) is 10.9. The molecule has 0 aliphatic carbocycles. The van der Waals surface area contributed by atoms with Crippen molar-refractivity contribution in [2.75, 3.05) is 0 Å². The van der Waals surface area contributed by atoms with Crippen molar-refractivity contribution < 1.29 is 0 Å². The first-order valence-corrected chi connectivity index (χ1v) is 5.52. The highest BCUT2D eigenvalue weighted by Gasteiger charge is 2.06. The van der Waals surface area contributed by atoms with Crippen LogP contribution in [-0.4, -0.2) is 14.6 Å². The Bertz CT molecular complexity index is 845. The summed E-state index contributed by atoms with van der Waals surface area (Å²) >= 11 is 0. The molecule has 0 saturated heterocycles. The maximum atomic E-state index is 3.98. The Morgan fingerprint density at radius 2 is 1.67 bits per heavy atom. The highest BCUT2D eigenvalue weighted by atomic mass is 35.5. The Kier molecular flexibility index (Phi) is 2.42. The van der Waals surface area contributed by atoms with Crippen LogP contribution in [0.4, 0.5) is 0 Å². The van der Waals surface area contributed by atoms with Crippen LogP contribution in [0.1, 0.15) is 0 Å². The van der Waals surface area contributed by atoms with E-state index in [9.17, 15) is 0 Å². The van der Waals surface area contributed by atoms with Crippen LogP contribution < -0.4 is 0 Å². The summed E-state index contributed by atoms with van der Waals surface area (Å²) in [5.41, 5.74) is 1.20. The molecule has 0 aliphatic heterocycles. The van der Waals surface area contributed by atoms with Crippen LogP contribution in [-0.2, 0) is 0 Å². The predicted octanol–water partition coefficient (Wildman–Crippen LogP) is 3.46. The van der Waals surface area contributed by atoms with Gasteiger partial charge in [0.15, 0.2) is 0 Å². The fourth-order valence-corrected chi connectivity index (χ4v) is 2.41. The molecule has 4 heteroatoms. The molecule has 0 radical (unpaired) electrons. The molecule has 3 heterocycles. The molecule has 0 bridgehead atoms. The number of benzene rings is 1. The molecule has 18 heavy (non-hydrogen) atoms. The maximum Gasteiger partial charge on any atom is 0.0624 e. The third-order valence-corrected chi connectivity index (χ3v) is 3.18. The van der Waals surface area contributed by atoms with Crippen molar-refractivity contribution in [1.29, 1.82) is 0 Å². The number of hydrogen-bond donors (Lipinski definition) is 0. The highest BCUT2D eigenvalue weighted by molar-refractivity contribution is 6.10. The number of pyridine rings is 1. The second-order valence-corrected chi connectivity index (χ2v) is 4.15. The Balaban J connectivity index is 0.000001000. The minimum atomic E-state index is 0. The van der Waals surface area contributed by atoms with E-state index in [1.807, 2.05) is 6.20 Å². The SMILES string of the molecule is Cl.c1ccc2c(c1)ccn1cc3cnncc3c21. The average Bonchev–Trinajstić information content (AvgIpc) is 2.77. The van der Waals surface area contributed by atoms with Gasteiger partial charge in [-0.1, -0.05) is 24.3 Å². The molecule has 4 rings (SSSR count). The summed E-state index contributed by atoms with van der Waals surface area (Å²) in [6.45, 7) is 0. The lowest BCUT2D eigenvalue weighted by atomic mass is 10.1. The van der Waals surface area contributed by atoms with Crippen LogP contribution in [0.15, 0.2) is 55.1 Å². The number of hydrogen-bond acceptors (Lipinski definition) is 2. The second kappa shape index (κ2) is 3.96. The van der Waals surface area contributed by atoms with Gasteiger partial charge in [-0.15, -0.1) is 12.4 Å². The lowest BCUT2D eigenvalue weighted by Crippen LogP contribution is -1.83. The van der Waals surface area contributed by atoms with Crippen molar-refractivity contribution in [3.8, 4) is 0 Å². The molecule has 4 aromatic rings. The van der Waals surface area contributed by atoms with Crippen molar-refractivity contribution in [2.24, 2.45) is 0 Å². The zero-order valence-corrected chi connectivity index (χ0v) is 10.3. The standard InChI is InChI=1S/C14H9N3.ClH/c1-2-4-12-10(3-1)5-6-17-9-11-7-15-16-8-13(11)14(12)17;/h1-9H;1H. The fourth-order valence-electron chi connectivity index (χ4n) is 2.41. The Labute approximate surface area is 109 Å². The molecular formula is C14H10ClN3. The minimum Gasteiger partial charge on any atom is -0.322 e. The maximum absolute atomic E-state index is 3.98. The van der Waals surface area contributed by atoms with Gasteiger partial charge in [0, 0.05) is 28.6 Å². The number of nitrogens with zero attached hydrogens (tertiary/aromatic N) is 3. The third-order valence-electron chi connectivity index (χ3n) is 3.18. The van der Waals surface area contributed by atoms with Crippen LogP contribution >= 0.6 is 12.4 Å². The van der Waals surface area contributed by atoms with Crippen molar-refractivity contribution in [3.63, 3.8) is 0 Å². The van der Waals surface area contributed by atoms with Crippen LogP contribution in [0.2, 0.25) is 0 Å². The quantitative estimate of drug-likeness (QED) is 0.482. The topological polar surface area (TPSA) is 30.2 Å². The Hall–Kier alpha value is -2.13. The smallest absolute Gasteiger partial charge is 0.0624 e. The molecule has 3 aromatic heterocycles. The van der Waals surface area contributed by atoms with Crippen molar-refractivity contribution in [2.45, 2.75) is 0 Å². The largest absolute Gasteiger partial charge is 0.322 e. The molecule has 3 nitrogen and oxygen atoms in total. The average molecular weight is 256 g/mol. The van der Waals surface area contributed by atoms with Gasteiger partial charge in [0.05, 0.1) is 17.9 Å². The molecular weight excluding hydrogens is 246 g/mol. The van der Waals surface area contributed by atoms with Crippen LogP contribution in [0.3, 0.4) is 0 Å². The van der Waals surface area contributed by atoms with E-state index in [1.165, 1.54) is 16.3 Å². The summed E-state index contributed by atoms with van der Waals surface area (Å²) < 4.78 is 2.14. The van der Waals surface area contributed by atoms with Gasteiger partial charge in [-0.05, 0) is 11.5 Å². The number of aromatic nitrogens is 3. The summed E-state index contributed by atoms with van der Waals surface area (Å²) in [6.07, 6.45) is 7.80. The monoisotopic (exact) mass is 255 g/mol. The lowest BCUT2D eigenvalue weighted by molar-refractivity contribution is 1.05. The molecule has 0 fully saturated rings. The van der Waals surface area contributed by atoms with E-state index < -0.39 is 0 Å². The molecule has 0 aliphatic rings.